The van der Waals surface area contributed by atoms with Gasteiger partial charge in [-0.25, -0.2) is 14.0 Å². The van der Waals surface area contributed by atoms with Gasteiger partial charge in [-0.2, -0.15) is 13.2 Å². The van der Waals surface area contributed by atoms with Crippen LogP contribution in [0.15, 0.2) is 24.3 Å². The molecule has 2 saturated heterocycles. The number of carbonyl (C=O) groups is 2. The molecule has 6 nitrogen and oxygen atoms in total. The fourth-order valence-corrected chi connectivity index (χ4v) is 3.87. The van der Waals surface area contributed by atoms with Crippen molar-refractivity contribution in [3.8, 4) is 0 Å². The molecule has 2 heterocycles. The molecule has 1 N–H and O–H groups in total. The van der Waals surface area contributed by atoms with E-state index in [1.807, 2.05) is 25.1 Å². The number of amides is 2. The van der Waals surface area contributed by atoms with Crippen molar-refractivity contribution in [2.45, 2.75) is 32.0 Å². The van der Waals surface area contributed by atoms with Gasteiger partial charge in [0.15, 0.2) is 0 Å². The lowest BCUT2D eigenvalue weighted by molar-refractivity contribution is -0.192. The van der Waals surface area contributed by atoms with Crippen LogP contribution in [0.4, 0.5) is 22.4 Å². The quantitative estimate of drug-likeness (QED) is 0.726. The summed E-state index contributed by atoms with van der Waals surface area (Å²) in [5.74, 6) is -2.92. The lowest BCUT2D eigenvalue weighted by Crippen LogP contribution is -2.43. The number of urea groups is 1. The van der Waals surface area contributed by atoms with E-state index in [4.69, 9.17) is 9.90 Å². The number of rotatable bonds is 2. The molecule has 2 aliphatic heterocycles. The van der Waals surface area contributed by atoms with Crippen molar-refractivity contribution < 1.29 is 32.3 Å². The number of nitrogens with zero attached hydrogens (tertiary/aromatic N) is 3. The zero-order valence-corrected chi connectivity index (χ0v) is 17.1. The second kappa shape index (κ2) is 9.63. The molecule has 0 unspecified atom stereocenters. The van der Waals surface area contributed by atoms with Crippen LogP contribution in [0.5, 0.6) is 0 Å². The summed E-state index contributed by atoms with van der Waals surface area (Å²) < 4.78 is 45.0. The molecule has 168 valence electrons. The lowest BCUT2D eigenvalue weighted by Gasteiger charge is -2.39. The van der Waals surface area contributed by atoms with Crippen LogP contribution in [0, 0.1) is 11.2 Å². The van der Waals surface area contributed by atoms with Gasteiger partial charge in [0, 0.05) is 33.7 Å². The predicted octanol–water partition coefficient (Wildman–Crippen LogP) is 3.43. The van der Waals surface area contributed by atoms with Gasteiger partial charge in [-0.15, -0.1) is 0 Å². The third kappa shape index (κ3) is 6.58. The maximum Gasteiger partial charge on any atom is 0.490 e. The van der Waals surface area contributed by atoms with Crippen molar-refractivity contribution in [1.29, 1.82) is 0 Å². The van der Waals surface area contributed by atoms with E-state index in [0.717, 1.165) is 57.5 Å². The summed E-state index contributed by atoms with van der Waals surface area (Å²) >= 11 is 0. The first-order valence-corrected chi connectivity index (χ1v) is 9.65. The van der Waals surface area contributed by atoms with Crippen LogP contribution in [-0.4, -0.2) is 78.3 Å². The SMILES string of the molecule is CN(C)C(=O)N1CCC2(CCN(Cc3cccc(F)c3)CC2)C1.O=C(O)C(F)(F)F. The molecule has 0 aliphatic carbocycles. The minimum absolute atomic E-state index is 0.129. The van der Waals surface area contributed by atoms with E-state index < -0.39 is 12.1 Å². The number of halogens is 4. The van der Waals surface area contributed by atoms with Crippen molar-refractivity contribution in [3.63, 3.8) is 0 Å². The van der Waals surface area contributed by atoms with Gasteiger partial charge in [0.2, 0.25) is 0 Å². The summed E-state index contributed by atoms with van der Waals surface area (Å²) in [6.45, 7) is 4.63. The van der Waals surface area contributed by atoms with Crippen LogP contribution >= 0.6 is 0 Å². The highest BCUT2D eigenvalue weighted by atomic mass is 19.4. The van der Waals surface area contributed by atoms with Gasteiger partial charge in [0.25, 0.3) is 0 Å². The van der Waals surface area contributed by atoms with Gasteiger partial charge in [0.1, 0.15) is 5.82 Å². The first-order valence-electron chi connectivity index (χ1n) is 9.65. The van der Waals surface area contributed by atoms with Gasteiger partial charge < -0.3 is 14.9 Å². The third-order valence-electron chi connectivity index (χ3n) is 5.55. The van der Waals surface area contributed by atoms with Crippen molar-refractivity contribution in [3.05, 3.63) is 35.6 Å². The molecule has 0 bridgehead atoms. The van der Waals surface area contributed by atoms with Crippen LogP contribution in [0.2, 0.25) is 0 Å². The van der Waals surface area contributed by atoms with E-state index in [9.17, 15) is 22.4 Å². The first kappa shape index (κ1) is 23.9. The van der Waals surface area contributed by atoms with Crippen LogP contribution in [0.1, 0.15) is 24.8 Å². The van der Waals surface area contributed by atoms with Crippen LogP contribution in [0.3, 0.4) is 0 Å². The smallest absolute Gasteiger partial charge is 0.475 e. The largest absolute Gasteiger partial charge is 0.490 e. The molecule has 2 amide bonds. The van der Waals surface area contributed by atoms with Gasteiger partial charge in [-0.3, -0.25) is 4.90 Å². The molecule has 10 heteroatoms. The van der Waals surface area contributed by atoms with Crippen molar-refractivity contribution in [1.82, 2.24) is 14.7 Å². The number of piperidine rings is 1. The normalized spacial score (nSPS) is 18.7. The van der Waals surface area contributed by atoms with Crippen molar-refractivity contribution in [2.24, 2.45) is 5.41 Å². The number of likely N-dealkylation sites (tertiary alicyclic amines) is 2. The predicted molar refractivity (Wildman–Crippen MR) is 102 cm³/mol. The monoisotopic (exact) mass is 433 g/mol. The Balaban J connectivity index is 0.000000396. The average molecular weight is 433 g/mol. The standard InChI is InChI=1S/C18H26FN3O.C2HF3O2/c1-20(2)17(23)22-11-8-18(14-22)6-9-21(10-7-18)13-15-4-3-5-16(19)12-15;3-2(4,5)1(6)7/h3-5,12H,6-11,13-14H2,1-2H3;(H,6,7). The fourth-order valence-electron chi connectivity index (χ4n) is 3.87. The maximum atomic E-state index is 13.3. The summed E-state index contributed by atoms with van der Waals surface area (Å²) in [7, 11) is 3.63. The minimum Gasteiger partial charge on any atom is -0.475 e. The second-order valence-electron chi connectivity index (χ2n) is 8.06. The van der Waals surface area contributed by atoms with E-state index >= 15 is 0 Å². The molecule has 1 aromatic rings. The summed E-state index contributed by atoms with van der Waals surface area (Å²) in [5.41, 5.74) is 1.33. The molecule has 1 aromatic carbocycles. The Morgan fingerprint density at radius 3 is 2.20 bits per heavy atom. The summed E-state index contributed by atoms with van der Waals surface area (Å²) in [6, 6.07) is 7.00. The number of benzene rings is 1. The summed E-state index contributed by atoms with van der Waals surface area (Å²) in [5, 5.41) is 7.12. The highest BCUT2D eigenvalue weighted by molar-refractivity contribution is 5.74. The number of alkyl halides is 3. The number of carbonyl (C=O) groups excluding carboxylic acids is 1. The van der Waals surface area contributed by atoms with E-state index in [-0.39, 0.29) is 11.8 Å². The molecule has 0 aromatic heterocycles. The van der Waals surface area contributed by atoms with Gasteiger partial charge in [-0.05, 0) is 55.5 Å². The maximum absolute atomic E-state index is 13.3. The molecule has 1 spiro atoms. The Hall–Kier alpha value is -2.36. The average Bonchev–Trinajstić information content (AvgIpc) is 3.06. The fraction of sp³-hybridized carbons (Fsp3) is 0.600. The van der Waals surface area contributed by atoms with Crippen LogP contribution < -0.4 is 0 Å². The van der Waals surface area contributed by atoms with Crippen molar-refractivity contribution in [2.75, 3.05) is 40.3 Å². The molecule has 2 fully saturated rings. The second-order valence-corrected chi connectivity index (χ2v) is 8.06. The Morgan fingerprint density at radius 1 is 1.13 bits per heavy atom. The lowest BCUT2D eigenvalue weighted by atomic mass is 9.77. The zero-order valence-electron chi connectivity index (χ0n) is 17.1. The van der Waals surface area contributed by atoms with Crippen molar-refractivity contribution >= 4 is 12.0 Å². The Morgan fingerprint density at radius 2 is 1.70 bits per heavy atom. The number of carboxylic acids is 1. The molecule has 0 atom stereocenters. The molecule has 3 rings (SSSR count). The molecule has 30 heavy (non-hydrogen) atoms. The highest BCUT2D eigenvalue weighted by Gasteiger charge is 2.42. The van der Waals surface area contributed by atoms with E-state index in [1.165, 1.54) is 6.07 Å². The summed E-state index contributed by atoms with van der Waals surface area (Å²) in [6.07, 6.45) is -1.72. The Bertz CT molecular complexity index is 747. The van der Waals surface area contributed by atoms with Gasteiger partial charge in [0.05, 0.1) is 0 Å². The van der Waals surface area contributed by atoms with E-state index in [0.29, 0.717) is 5.41 Å². The Kier molecular flexibility index (Phi) is 7.68. The molecule has 0 saturated carbocycles. The molecular formula is C20H27F4N3O3. The van der Waals surface area contributed by atoms with Crippen LogP contribution in [0.25, 0.3) is 0 Å². The van der Waals surface area contributed by atoms with Crippen LogP contribution in [-0.2, 0) is 11.3 Å². The number of hydrogen-bond acceptors (Lipinski definition) is 3. The zero-order chi connectivity index (χ0) is 22.5. The minimum atomic E-state index is -5.08. The number of hydrogen-bond donors (Lipinski definition) is 1. The van der Waals surface area contributed by atoms with E-state index in [2.05, 4.69) is 4.90 Å². The van der Waals surface area contributed by atoms with Gasteiger partial charge >= 0.3 is 18.2 Å². The highest BCUT2D eigenvalue weighted by Crippen LogP contribution is 2.40. The van der Waals surface area contributed by atoms with Gasteiger partial charge in [-0.1, -0.05) is 12.1 Å². The summed E-state index contributed by atoms with van der Waals surface area (Å²) in [4.78, 5) is 27.1. The first-order chi connectivity index (χ1) is 13.9. The Labute approximate surface area is 173 Å². The number of aliphatic carboxylic acids is 1. The topological polar surface area (TPSA) is 64.1 Å². The van der Waals surface area contributed by atoms with E-state index in [1.54, 1.807) is 17.0 Å². The molecule has 2 aliphatic rings. The molecular weight excluding hydrogens is 406 g/mol. The third-order valence-corrected chi connectivity index (χ3v) is 5.55. The molecule has 0 radical (unpaired) electrons. The number of carboxylic acid groups (broad SMARTS) is 1.